The van der Waals surface area contributed by atoms with Gasteiger partial charge in [0.25, 0.3) is 0 Å². The van der Waals surface area contributed by atoms with Crippen LogP contribution in [0.25, 0.3) is 0 Å². The average Bonchev–Trinajstić information content (AvgIpc) is 2.77. The van der Waals surface area contributed by atoms with Gasteiger partial charge in [0.05, 0.1) is 30.2 Å². The molecule has 0 heterocycles. The number of para-hydroxylation sites is 2. The van der Waals surface area contributed by atoms with Gasteiger partial charge in [0.2, 0.25) is 0 Å². The summed E-state index contributed by atoms with van der Waals surface area (Å²) in [5.41, 5.74) is -0.125. The summed E-state index contributed by atoms with van der Waals surface area (Å²) in [5.74, 6) is -0.438. The SMILES string of the molecule is OCc1cccc(C=Nc2cc(N=Cc3cccc(CO)c3O)cc(C(F)(F)F)c2)c1O. The maximum absolute atomic E-state index is 13.4. The molecule has 32 heavy (non-hydrogen) atoms. The van der Waals surface area contributed by atoms with Gasteiger partial charge in [-0.3, -0.25) is 9.98 Å². The lowest BCUT2D eigenvalue weighted by Crippen LogP contribution is -2.04. The van der Waals surface area contributed by atoms with Gasteiger partial charge >= 0.3 is 6.18 Å². The van der Waals surface area contributed by atoms with Gasteiger partial charge in [-0.1, -0.05) is 24.3 Å². The van der Waals surface area contributed by atoms with E-state index < -0.39 is 25.0 Å². The van der Waals surface area contributed by atoms with E-state index in [1.54, 1.807) is 12.1 Å². The van der Waals surface area contributed by atoms with Crippen LogP contribution in [0.3, 0.4) is 0 Å². The second-order valence-electron chi connectivity index (χ2n) is 6.78. The molecule has 0 saturated carbocycles. The molecule has 3 aromatic rings. The highest BCUT2D eigenvalue weighted by Gasteiger charge is 2.31. The fraction of sp³-hybridized carbons (Fsp3) is 0.130. The highest BCUT2D eigenvalue weighted by atomic mass is 19.4. The molecule has 3 aromatic carbocycles. The van der Waals surface area contributed by atoms with E-state index in [0.717, 1.165) is 12.1 Å². The Morgan fingerprint density at radius 2 is 1.16 bits per heavy atom. The minimum Gasteiger partial charge on any atom is -0.507 e. The molecule has 0 fully saturated rings. The van der Waals surface area contributed by atoms with Crippen LogP contribution in [0.1, 0.15) is 27.8 Å². The van der Waals surface area contributed by atoms with Gasteiger partial charge in [-0.15, -0.1) is 0 Å². The quantitative estimate of drug-likeness (QED) is 0.417. The number of halogens is 3. The number of phenols is 2. The molecule has 0 atom stereocenters. The second-order valence-corrected chi connectivity index (χ2v) is 6.78. The number of alkyl halides is 3. The Balaban J connectivity index is 1.99. The molecule has 166 valence electrons. The predicted octanol–water partition coefficient (Wildman–Crippen LogP) is 4.60. The fourth-order valence-electron chi connectivity index (χ4n) is 2.88. The molecule has 3 rings (SSSR count). The molecular weight excluding hydrogens is 425 g/mol. The van der Waals surface area contributed by atoms with E-state index in [1.807, 2.05) is 0 Å². The Morgan fingerprint density at radius 1 is 0.719 bits per heavy atom. The first-order valence-electron chi connectivity index (χ1n) is 9.36. The zero-order valence-electron chi connectivity index (χ0n) is 16.6. The minimum absolute atomic E-state index is 0.0610. The van der Waals surface area contributed by atoms with Crippen molar-refractivity contribution in [1.82, 2.24) is 0 Å². The normalized spacial score (nSPS) is 12.2. The summed E-state index contributed by atoms with van der Waals surface area (Å²) in [5, 5.41) is 38.6. The first kappa shape index (κ1) is 23.0. The molecule has 0 aliphatic carbocycles. The monoisotopic (exact) mass is 444 g/mol. The lowest BCUT2D eigenvalue weighted by Gasteiger charge is -2.09. The number of hydrogen-bond acceptors (Lipinski definition) is 6. The van der Waals surface area contributed by atoms with Crippen LogP contribution in [0.15, 0.2) is 64.6 Å². The van der Waals surface area contributed by atoms with E-state index >= 15 is 0 Å². The fourth-order valence-corrected chi connectivity index (χ4v) is 2.88. The van der Waals surface area contributed by atoms with Crippen LogP contribution >= 0.6 is 0 Å². The Kier molecular flexibility index (Phi) is 6.92. The van der Waals surface area contributed by atoms with Crippen molar-refractivity contribution in [3.8, 4) is 11.5 Å². The summed E-state index contributed by atoms with van der Waals surface area (Å²) in [6, 6.07) is 12.1. The molecule has 0 bridgehead atoms. The maximum Gasteiger partial charge on any atom is 0.416 e. The topological polar surface area (TPSA) is 106 Å². The molecular formula is C23H19F3N2O4. The Bertz CT molecular complexity index is 1090. The zero-order chi connectivity index (χ0) is 23.3. The van der Waals surface area contributed by atoms with E-state index in [0.29, 0.717) is 0 Å². The van der Waals surface area contributed by atoms with Crippen LogP contribution in [0.5, 0.6) is 11.5 Å². The van der Waals surface area contributed by atoms with Gasteiger partial charge in [-0.25, -0.2) is 0 Å². The molecule has 4 N–H and O–H groups in total. The number of aliphatic hydroxyl groups is 2. The molecule has 0 aliphatic heterocycles. The summed E-state index contributed by atoms with van der Waals surface area (Å²) >= 11 is 0. The van der Waals surface area contributed by atoms with Gasteiger partial charge in [-0.2, -0.15) is 13.2 Å². The molecule has 0 aromatic heterocycles. The summed E-state index contributed by atoms with van der Waals surface area (Å²) in [6.45, 7) is -0.805. The molecule has 0 saturated heterocycles. The van der Waals surface area contributed by atoms with Crippen molar-refractivity contribution in [2.24, 2.45) is 9.98 Å². The molecule has 0 unspecified atom stereocenters. The van der Waals surface area contributed by atoms with E-state index in [-0.39, 0.29) is 45.1 Å². The molecule has 0 spiro atoms. The molecule has 0 aliphatic rings. The van der Waals surface area contributed by atoms with Crippen LogP contribution in [-0.4, -0.2) is 32.9 Å². The third-order valence-electron chi connectivity index (χ3n) is 4.58. The van der Waals surface area contributed by atoms with E-state index in [9.17, 15) is 33.6 Å². The Labute approximate surface area is 181 Å². The van der Waals surface area contributed by atoms with Crippen LogP contribution in [-0.2, 0) is 19.4 Å². The predicted molar refractivity (Wildman–Crippen MR) is 114 cm³/mol. The van der Waals surface area contributed by atoms with Gasteiger partial charge in [0, 0.05) is 34.7 Å². The Morgan fingerprint density at radius 3 is 1.53 bits per heavy atom. The van der Waals surface area contributed by atoms with Crippen molar-refractivity contribution in [2.75, 3.05) is 0 Å². The first-order chi connectivity index (χ1) is 15.2. The lowest BCUT2D eigenvalue weighted by molar-refractivity contribution is -0.137. The van der Waals surface area contributed by atoms with Gasteiger partial charge in [0.1, 0.15) is 11.5 Å². The standard InChI is InChI=1S/C23H19F3N2O4/c24-23(25,26)18-7-19(27-10-14-3-1-5-16(12-29)21(14)31)9-20(8-18)28-11-15-4-2-6-17(13-30)22(15)32/h1-11,29-32H,12-13H2. The van der Waals surface area contributed by atoms with Crippen molar-refractivity contribution >= 4 is 23.8 Å². The van der Waals surface area contributed by atoms with E-state index in [1.165, 1.54) is 42.8 Å². The number of benzene rings is 3. The summed E-state index contributed by atoms with van der Waals surface area (Å²) < 4.78 is 40.1. The van der Waals surface area contributed by atoms with Crippen LogP contribution in [0, 0.1) is 0 Å². The van der Waals surface area contributed by atoms with Crippen LogP contribution < -0.4 is 0 Å². The maximum atomic E-state index is 13.4. The second kappa shape index (κ2) is 9.63. The van der Waals surface area contributed by atoms with Crippen molar-refractivity contribution in [3.63, 3.8) is 0 Å². The van der Waals surface area contributed by atoms with Crippen molar-refractivity contribution in [3.05, 3.63) is 82.4 Å². The van der Waals surface area contributed by atoms with Crippen LogP contribution in [0.2, 0.25) is 0 Å². The zero-order valence-corrected chi connectivity index (χ0v) is 16.6. The van der Waals surface area contributed by atoms with Gasteiger partial charge in [-0.05, 0) is 30.3 Å². The van der Waals surface area contributed by atoms with Crippen LogP contribution in [0.4, 0.5) is 24.5 Å². The number of nitrogens with zero attached hydrogens (tertiary/aromatic N) is 2. The minimum atomic E-state index is -4.65. The number of aromatic hydroxyl groups is 2. The third-order valence-corrected chi connectivity index (χ3v) is 4.58. The average molecular weight is 444 g/mol. The van der Waals surface area contributed by atoms with Crippen molar-refractivity contribution < 1.29 is 33.6 Å². The van der Waals surface area contributed by atoms with Crippen molar-refractivity contribution in [2.45, 2.75) is 19.4 Å². The third kappa shape index (κ3) is 5.32. The van der Waals surface area contributed by atoms with Gasteiger partial charge in [0.15, 0.2) is 0 Å². The molecule has 0 radical (unpaired) electrons. The Hall–Kier alpha value is -3.69. The first-order valence-corrected chi connectivity index (χ1v) is 9.36. The molecule has 6 nitrogen and oxygen atoms in total. The summed E-state index contributed by atoms with van der Waals surface area (Å²) in [7, 11) is 0. The highest BCUT2D eigenvalue weighted by molar-refractivity contribution is 5.87. The number of aliphatic imine (C=N–C) groups is 2. The lowest BCUT2D eigenvalue weighted by atomic mass is 10.1. The summed E-state index contributed by atoms with van der Waals surface area (Å²) in [4.78, 5) is 8.05. The number of hydrogen-bond donors (Lipinski definition) is 4. The van der Waals surface area contributed by atoms with Gasteiger partial charge < -0.3 is 20.4 Å². The highest BCUT2D eigenvalue weighted by Crippen LogP contribution is 2.35. The van der Waals surface area contributed by atoms with Crippen molar-refractivity contribution in [1.29, 1.82) is 0 Å². The molecule has 9 heteroatoms. The molecule has 0 amide bonds. The largest absolute Gasteiger partial charge is 0.507 e. The van der Waals surface area contributed by atoms with E-state index in [4.69, 9.17) is 0 Å². The number of aliphatic hydroxyl groups excluding tert-OH is 2. The summed E-state index contributed by atoms with van der Waals surface area (Å²) in [6.07, 6.45) is -2.27. The van der Waals surface area contributed by atoms with E-state index in [2.05, 4.69) is 9.98 Å². The smallest absolute Gasteiger partial charge is 0.416 e. The number of rotatable bonds is 6.